The van der Waals surface area contributed by atoms with Crippen molar-refractivity contribution < 1.29 is 0 Å². The molecule has 1 aromatic heterocycles. The minimum absolute atomic E-state index is 0.415. The number of fused-ring (bicyclic) bond motifs is 1. The molecular weight excluding hydrogens is 210 g/mol. The smallest absolute Gasteiger partial charge is 0.0951 e. The largest absolute Gasteiger partial charge is 0.334 e. The van der Waals surface area contributed by atoms with Crippen LogP contribution < -0.4 is 5.32 Å². The summed E-state index contributed by atoms with van der Waals surface area (Å²) in [4.78, 5) is 4.58. The van der Waals surface area contributed by atoms with E-state index in [1.807, 2.05) is 13.4 Å². The minimum Gasteiger partial charge on any atom is -0.334 e. The predicted octanol–water partition coefficient (Wildman–Crippen LogP) is 2.33. The maximum atomic E-state index is 4.58. The summed E-state index contributed by atoms with van der Waals surface area (Å²) in [5.41, 5.74) is 2.44. The molecule has 92 valence electrons. The van der Waals surface area contributed by atoms with Gasteiger partial charge in [-0.15, -0.1) is 0 Å². The van der Waals surface area contributed by atoms with Crippen LogP contribution in [-0.4, -0.2) is 23.1 Å². The van der Waals surface area contributed by atoms with Gasteiger partial charge in [-0.25, -0.2) is 4.98 Å². The van der Waals surface area contributed by atoms with Gasteiger partial charge in [0, 0.05) is 13.0 Å². The van der Waals surface area contributed by atoms with Gasteiger partial charge in [0.1, 0.15) is 0 Å². The molecule has 1 aromatic rings. The molecule has 0 aliphatic heterocycles. The first-order chi connectivity index (χ1) is 8.27. The van der Waals surface area contributed by atoms with Gasteiger partial charge >= 0.3 is 0 Å². The second-order valence-electron chi connectivity index (χ2n) is 4.62. The molecular formula is C14H21N3. The summed E-state index contributed by atoms with van der Waals surface area (Å²) in [5, 5.41) is 3.29. The lowest BCUT2D eigenvalue weighted by atomic mass is 9.86. The fourth-order valence-corrected chi connectivity index (χ4v) is 2.51. The quantitative estimate of drug-likeness (QED) is 0.862. The van der Waals surface area contributed by atoms with Crippen LogP contribution in [0.4, 0.5) is 0 Å². The van der Waals surface area contributed by atoms with Crippen molar-refractivity contribution >= 4 is 6.08 Å². The SMILES string of the molecule is CCC(CNC)C1C=CC=Cc2c1ncn2C. The van der Waals surface area contributed by atoms with Gasteiger partial charge in [0.25, 0.3) is 0 Å². The van der Waals surface area contributed by atoms with E-state index in [-0.39, 0.29) is 0 Å². The molecule has 1 N–H and O–H groups in total. The van der Waals surface area contributed by atoms with Gasteiger partial charge in [-0.2, -0.15) is 0 Å². The third-order valence-corrected chi connectivity index (χ3v) is 3.51. The Morgan fingerprint density at radius 2 is 2.29 bits per heavy atom. The van der Waals surface area contributed by atoms with E-state index in [1.165, 1.54) is 11.4 Å². The zero-order valence-corrected chi connectivity index (χ0v) is 10.9. The molecule has 1 aliphatic carbocycles. The standard InChI is InChI=1S/C14H21N3/c1-4-11(9-15-2)12-7-5-6-8-13-14(12)16-10-17(13)3/h5-8,10-12,15H,4,9H2,1-3H3. The highest BCUT2D eigenvalue weighted by Crippen LogP contribution is 2.31. The van der Waals surface area contributed by atoms with Gasteiger partial charge in [0.2, 0.25) is 0 Å². The van der Waals surface area contributed by atoms with Crippen molar-refractivity contribution in [2.45, 2.75) is 19.3 Å². The van der Waals surface area contributed by atoms with Crippen LogP contribution in [0.25, 0.3) is 6.08 Å². The molecule has 0 fully saturated rings. The summed E-state index contributed by atoms with van der Waals surface area (Å²) in [6, 6.07) is 0. The molecule has 0 radical (unpaired) electrons. The summed E-state index contributed by atoms with van der Waals surface area (Å²) < 4.78 is 2.10. The number of hydrogen-bond acceptors (Lipinski definition) is 2. The van der Waals surface area contributed by atoms with E-state index in [0.29, 0.717) is 11.8 Å². The van der Waals surface area contributed by atoms with Gasteiger partial charge in [-0.3, -0.25) is 0 Å². The highest BCUT2D eigenvalue weighted by Gasteiger charge is 2.24. The molecule has 3 nitrogen and oxygen atoms in total. The van der Waals surface area contributed by atoms with Gasteiger partial charge in [0.05, 0.1) is 17.7 Å². The summed E-state index contributed by atoms with van der Waals surface area (Å²) >= 11 is 0. The fourth-order valence-electron chi connectivity index (χ4n) is 2.51. The lowest BCUT2D eigenvalue weighted by Crippen LogP contribution is -2.24. The molecule has 2 atom stereocenters. The molecule has 3 heteroatoms. The zero-order chi connectivity index (χ0) is 12.3. The molecule has 0 spiro atoms. The van der Waals surface area contributed by atoms with Crippen LogP contribution in [0.2, 0.25) is 0 Å². The first-order valence-electron chi connectivity index (χ1n) is 6.28. The lowest BCUT2D eigenvalue weighted by molar-refractivity contribution is 0.436. The van der Waals surface area contributed by atoms with Crippen LogP contribution in [0.5, 0.6) is 0 Å². The molecule has 2 unspecified atom stereocenters. The van der Waals surface area contributed by atoms with Gasteiger partial charge in [-0.05, 0) is 25.6 Å². The minimum atomic E-state index is 0.415. The van der Waals surface area contributed by atoms with E-state index in [1.54, 1.807) is 0 Å². The highest BCUT2D eigenvalue weighted by molar-refractivity contribution is 5.54. The lowest BCUT2D eigenvalue weighted by Gasteiger charge is -2.22. The first kappa shape index (κ1) is 12.1. The van der Waals surface area contributed by atoms with Gasteiger partial charge in [0.15, 0.2) is 0 Å². The number of allylic oxidation sites excluding steroid dienone is 3. The van der Waals surface area contributed by atoms with E-state index in [0.717, 1.165) is 13.0 Å². The van der Waals surface area contributed by atoms with Gasteiger partial charge in [-0.1, -0.05) is 31.6 Å². The van der Waals surface area contributed by atoms with E-state index >= 15 is 0 Å². The van der Waals surface area contributed by atoms with Crippen LogP contribution in [0.3, 0.4) is 0 Å². The van der Waals surface area contributed by atoms with Crippen LogP contribution in [0, 0.1) is 5.92 Å². The van der Waals surface area contributed by atoms with Crippen molar-refractivity contribution in [1.29, 1.82) is 0 Å². The van der Waals surface area contributed by atoms with Crippen molar-refractivity contribution in [3.63, 3.8) is 0 Å². The monoisotopic (exact) mass is 231 g/mol. The fraction of sp³-hybridized carbons (Fsp3) is 0.500. The molecule has 0 saturated carbocycles. The average molecular weight is 231 g/mol. The van der Waals surface area contributed by atoms with E-state index in [4.69, 9.17) is 0 Å². The number of rotatable bonds is 4. The van der Waals surface area contributed by atoms with Crippen molar-refractivity contribution in [2.24, 2.45) is 13.0 Å². The normalized spacial score (nSPS) is 20.1. The summed E-state index contributed by atoms with van der Waals surface area (Å²) in [7, 11) is 4.07. The Morgan fingerprint density at radius 1 is 1.47 bits per heavy atom. The molecule has 1 aliphatic rings. The average Bonchev–Trinajstić information content (AvgIpc) is 2.58. The highest BCUT2D eigenvalue weighted by atomic mass is 15.0. The van der Waals surface area contributed by atoms with Crippen molar-refractivity contribution in [2.75, 3.05) is 13.6 Å². The molecule has 0 saturated heterocycles. The maximum absolute atomic E-state index is 4.58. The number of nitrogens with one attached hydrogen (secondary N) is 1. The van der Waals surface area contributed by atoms with Crippen LogP contribution in [0.15, 0.2) is 24.6 Å². The second-order valence-corrected chi connectivity index (χ2v) is 4.62. The molecule has 1 heterocycles. The second kappa shape index (κ2) is 5.32. The Kier molecular flexibility index (Phi) is 3.79. The van der Waals surface area contributed by atoms with Crippen molar-refractivity contribution in [3.8, 4) is 0 Å². The number of aryl methyl sites for hydroxylation is 1. The molecule has 17 heavy (non-hydrogen) atoms. The molecule has 0 aromatic carbocycles. The maximum Gasteiger partial charge on any atom is 0.0951 e. The zero-order valence-electron chi connectivity index (χ0n) is 10.9. The molecule has 0 bridgehead atoms. The molecule has 0 amide bonds. The Bertz CT molecular complexity index is 429. The van der Waals surface area contributed by atoms with Crippen molar-refractivity contribution in [1.82, 2.24) is 14.9 Å². The number of aromatic nitrogens is 2. The Balaban J connectivity index is 2.35. The van der Waals surface area contributed by atoms with Gasteiger partial charge < -0.3 is 9.88 Å². The molecule has 2 rings (SSSR count). The third-order valence-electron chi connectivity index (χ3n) is 3.51. The number of nitrogens with zero attached hydrogens (tertiary/aromatic N) is 2. The van der Waals surface area contributed by atoms with E-state index < -0.39 is 0 Å². The summed E-state index contributed by atoms with van der Waals surface area (Å²) in [5.74, 6) is 1.02. The van der Waals surface area contributed by atoms with E-state index in [2.05, 4.69) is 53.1 Å². The van der Waals surface area contributed by atoms with Crippen molar-refractivity contribution in [3.05, 3.63) is 35.9 Å². The predicted molar refractivity (Wildman–Crippen MR) is 71.8 cm³/mol. The van der Waals surface area contributed by atoms with Crippen LogP contribution in [-0.2, 0) is 7.05 Å². The number of imidazole rings is 1. The Hall–Kier alpha value is -1.35. The summed E-state index contributed by atoms with van der Waals surface area (Å²) in [6.45, 7) is 3.28. The topological polar surface area (TPSA) is 29.9 Å². The Labute approximate surface area is 103 Å². The third kappa shape index (κ3) is 2.34. The number of hydrogen-bond donors (Lipinski definition) is 1. The Morgan fingerprint density at radius 3 is 3.00 bits per heavy atom. The summed E-state index contributed by atoms with van der Waals surface area (Å²) in [6.07, 6.45) is 11.7. The van der Waals surface area contributed by atoms with Crippen LogP contribution >= 0.6 is 0 Å². The first-order valence-corrected chi connectivity index (χ1v) is 6.28. The van der Waals surface area contributed by atoms with E-state index in [9.17, 15) is 0 Å². The van der Waals surface area contributed by atoms with Crippen LogP contribution in [0.1, 0.15) is 30.7 Å².